The molecule has 0 amide bonds. The second-order valence-electron chi connectivity index (χ2n) is 7.15. The average molecular weight is 260 g/mol. The lowest BCUT2D eigenvalue weighted by atomic mass is 9.53. The first-order valence-electron chi connectivity index (χ1n) is 7.73. The molecular weight excluding hydrogens is 236 g/mol. The minimum atomic E-state index is 0.275. The molecule has 5 rings (SSSR count). The van der Waals surface area contributed by atoms with E-state index in [-0.39, 0.29) is 5.54 Å². The highest BCUT2D eigenvalue weighted by Gasteiger charge is 2.52. The number of anilines is 1. The van der Waals surface area contributed by atoms with Gasteiger partial charge in [-0.05, 0) is 62.8 Å². The van der Waals surface area contributed by atoms with Gasteiger partial charge in [-0.1, -0.05) is 0 Å². The van der Waals surface area contributed by atoms with Gasteiger partial charge in [0.2, 0.25) is 0 Å². The summed E-state index contributed by atoms with van der Waals surface area (Å²) in [7, 11) is 0. The lowest BCUT2D eigenvalue weighted by Gasteiger charge is -2.57. The van der Waals surface area contributed by atoms with E-state index in [1.165, 1.54) is 44.2 Å². The minimum Gasteiger partial charge on any atom is -0.382 e. The molecule has 0 radical (unpaired) electrons. The fourth-order valence-corrected chi connectivity index (χ4v) is 5.50. The van der Waals surface area contributed by atoms with Gasteiger partial charge < -0.3 is 11.5 Å². The lowest BCUT2D eigenvalue weighted by Crippen LogP contribution is -2.52. The summed E-state index contributed by atoms with van der Waals surface area (Å²) >= 11 is 0. The van der Waals surface area contributed by atoms with Crippen LogP contribution in [0, 0.1) is 17.8 Å². The SMILES string of the molecule is NCCc1cc(N)nn1C12CC3CC(CC(C3)C1)C2. The minimum absolute atomic E-state index is 0.275. The van der Waals surface area contributed by atoms with Crippen LogP contribution in [0.1, 0.15) is 44.2 Å². The predicted octanol–water partition coefficient (Wildman–Crippen LogP) is 1.89. The van der Waals surface area contributed by atoms with Crippen LogP contribution in [0.2, 0.25) is 0 Å². The smallest absolute Gasteiger partial charge is 0.145 e. The Morgan fingerprint density at radius 3 is 2.26 bits per heavy atom. The summed E-state index contributed by atoms with van der Waals surface area (Å²) in [4.78, 5) is 0. The summed E-state index contributed by atoms with van der Waals surface area (Å²) in [5.74, 6) is 3.46. The van der Waals surface area contributed by atoms with Crippen molar-refractivity contribution in [3.63, 3.8) is 0 Å². The van der Waals surface area contributed by atoms with E-state index in [1.807, 2.05) is 6.07 Å². The molecule has 4 aliphatic carbocycles. The van der Waals surface area contributed by atoms with Gasteiger partial charge >= 0.3 is 0 Å². The van der Waals surface area contributed by atoms with Crippen LogP contribution in [0.3, 0.4) is 0 Å². The molecule has 4 saturated carbocycles. The topological polar surface area (TPSA) is 69.9 Å². The van der Waals surface area contributed by atoms with Crippen LogP contribution in [-0.2, 0) is 12.0 Å². The van der Waals surface area contributed by atoms with Crippen molar-refractivity contribution in [2.45, 2.75) is 50.5 Å². The van der Waals surface area contributed by atoms with Crippen LogP contribution in [0.5, 0.6) is 0 Å². The monoisotopic (exact) mass is 260 g/mol. The molecule has 0 aliphatic heterocycles. The highest BCUT2D eigenvalue weighted by atomic mass is 15.4. The molecule has 1 aromatic heterocycles. The summed E-state index contributed by atoms with van der Waals surface area (Å²) in [5.41, 5.74) is 13.2. The molecule has 4 nitrogen and oxygen atoms in total. The van der Waals surface area contributed by atoms with Crippen molar-refractivity contribution in [2.24, 2.45) is 23.5 Å². The molecule has 1 heterocycles. The fraction of sp³-hybridized carbons (Fsp3) is 0.800. The predicted molar refractivity (Wildman–Crippen MR) is 75.5 cm³/mol. The third-order valence-corrected chi connectivity index (χ3v) is 5.66. The van der Waals surface area contributed by atoms with Gasteiger partial charge in [0.15, 0.2) is 0 Å². The maximum atomic E-state index is 5.96. The number of hydrogen-bond acceptors (Lipinski definition) is 3. The molecule has 0 aromatic carbocycles. The molecular formula is C15H24N4. The van der Waals surface area contributed by atoms with Crippen LogP contribution in [0.15, 0.2) is 6.07 Å². The maximum Gasteiger partial charge on any atom is 0.145 e. The van der Waals surface area contributed by atoms with Gasteiger partial charge in [-0.15, -0.1) is 0 Å². The Morgan fingerprint density at radius 1 is 1.16 bits per heavy atom. The molecule has 0 atom stereocenters. The van der Waals surface area contributed by atoms with E-state index in [9.17, 15) is 0 Å². The van der Waals surface area contributed by atoms with E-state index in [2.05, 4.69) is 9.78 Å². The Hall–Kier alpha value is -1.03. The molecule has 104 valence electrons. The summed E-state index contributed by atoms with van der Waals surface area (Å²) in [6.45, 7) is 0.678. The van der Waals surface area contributed by atoms with Crippen LogP contribution < -0.4 is 11.5 Å². The number of nitrogens with zero attached hydrogens (tertiary/aromatic N) is 2. The van der Waals surface area contributed by atoms with Crippen molar-refractivity contribution >= 4 is 5.82 Å². The maximum absolute atomic E-state index is 5.96. The van der Waals surface area contributed by atoms with Gasteiger partial charge in [0.1, 0.15) is 5.82 Å². The van der Waals surface area contributed by atoms with Crippen LogP contribution in [0.4, 0.5) is 5.82 Å². The summed E-state index contributed by atoms with van der Waals surface area (Å²) in [5, 5.41) is 4.66. The zero-order valence-electron chi connectivity index (χ0n) is 11.5. The molecule has 1 aromatic rings. The van der Waals surface area contributed by atoms with Gasteiger partial charge in [0, 0.05) is 18.2 Å². The molecule has 4 bridgehead atoms. The average Bonchev–Trinajstić information content (AvgIpc) is 2.70. The highest BCUT2D eigenvalue weighted by molar-refractivity contribution is 5.31. The first kappa shape index (κ1) is 11.8. The number of nitrogen functional groups attached to an aromatic ring is 1. The molecule has 0 saturated heterocycles. The standard InChI is InChI=1S/C15H24N4/c16-2-1-13-6-14(17)18-19(13)15-7-10-3-11(8-15)5-12(4-10)9-15/h6,10-12H,1-5,7-9,16H2,(H2,17,18). The Balaban J connectivity index is 1.75. The van der Waals surface area contributed by atoms with E-state index in [0.29, 0.717) is 12.4 Å². The van der Waals surface area contributed by atoms with E-state index >= 15 is 0 Å². The second-order valence-corrected chi connectivity index (χ2v) is 7.15. The number of aromatic nitrogens is 2. The zero-order valence-corrected chi connectivity index (χ0v) is 11.5. The Morgan fingerprint density at radius 2 is 1.74 bits per heavy atom. The quantitative estimate of drug-likeness (QED) is 0.872. The summed E-state index contributed by atoms with van der Waals surface area (Å²) in [6, 6.07) is 2.03. The number of nitrogens with two attached hydrogens (primary N) is 2. The molecule has 4 aliphatic rings. The third kappa shape index (κ3) is 1.72. The van der Waals surface area contributed by atoms with Crippen LogP contribution >= 0.6 is 0 Å². The Labute approximate surface area is 114 Å². The van der Waals surface area contributed by atoms with Gasteiger partial charge in [-0.2, -0.15) is 5.10 Å². The first-order chi connectivity index (χ1) is 9.18. The largest absolute Gasteiger partial charge is 0.382 e. The Kier molecular flexibility index (Phi) is 2.47. The van der Waals surface area contributed by atoms with Crippen molar-refractivity contribution in [1.29, 1.82) is 0 Å². The zero-order chi connectivity index (χ0) is 13.0. The lowest BCUT2D eigenvalue weighted by molar-refractivity contribution is -0.0505. The van der Waals surface area contributed by atoms with Gasteiger partial charge in [0.05, 0.1) is 5.54 Å². The van der Waals surface area contributed by atoms with E-state index < -0.39 is 0 Å². The number of hydrogen-bond donors (Lipinski definition) is 2. The highest BCUT2D eigenvalue weighted by Crippen LogP contribution is 2.58. The molecule has 0 unspecified atom stereocenters. The van der Waals surface area contributed by atoms with Gasteiger partial charge in [-0.25, -0.2) is 0 Å². The van der Waals surface area contributed by atoms with Crippen molar-refractivity contribution in [3.8, 4) is 0 Å². The van der Waals surface area contributed by atoms with Crippen LogP contribution in [0.25, 0.3) is 0 Å². The molecule has 19 heavy (non-hydrogen) atoms. The molecule has 4 heteroatoms. The fourth-order valence-electron chi connectivity index (χ4n) is 5.50. The van der Waals surface area contributed by atoms with Gasteiger partial charge in [-0.3, -0.25) is 4.68 Å². The molecule has 4 N–H and O–H groups in total. The summed E-state index contributed by atoms with van der Waals surface area (Å²) in [6.07, 6.45) is 9.23. The summed E-state index contributed by atoms with van der Waals surface area (Å²) < 4.78 is 2.29. The van der Waals surface area contributed by atoms with Crippen molar-refractivity contribution in [2.75, 3.05) is 12.3 Å². The Bertz CT molecular complexity index is 455. The van der Waals surface area contributed by atoms with E-state index in [4.69, 9.17) is 11.5 Å². The third-order valence-electron chi connectivity index (χ3n) is 5.66. The van der Waals surface area contributed by atoms with Crippen molar-refractivity contribution in [3.05, 3.63) is 11.8 Å². The molecule has 0 spiro atoms. The van der Waals surface area contributed by atoms with Crippen molar-refractivity contribution < 1.29 is 0 Å². The van der Waals surface area contributed by atoms with E-state index in [0.717, 1.165) is 24.2 Å². The molecule has 4 fully saturated rings. The van der Waals surface area contributed by atoms with Gasteiger partial charge in [0.25, 0.3) is 0 Å². The number of rotatable bonds is 3. The second kappa shape index (κ2) is 3.98. The first-order valence-corrected chi connectivity index (χ1v) is 7.73. The van der Waals surface area contributed by atoms with Crippen LogP contribution in [-0.4, -0.2) is 16.3 Å². The normalized spacial score (nSPS) is 39.9. The van der Waals surface area contributed by atoms with Crippen molar-refractivity contribution in [1.82, 2.24) is 9.78 Å². The van der Waals surface area contributed by atoms with E-state index in [1.54, 1.807) is 0 Å².